The van der Waals surface area contributed by atoms with E-state index in [2.05, 4.69) is 22.4 Å². The number of rotatable bonds is 6. The molecule has 3 N–H and O–H groups in total. The first-order valence-corrected chi connectivity index (χ1v) is 7.82. The first kappa shape index (κ1) is 15.4. The number of aromatic nitrogens is 1. The first-order chi connectivity index (χ1) is 10.5. The molecule has 120 valence electrons. The van der Waals surface area contributed by atoms with Gasteiger partial charge in [0.05, 0.1) is 6.54 Å². The first-order valence-electron chi connectivity index (χ1n) is 7.82. The Labute approximate surface area is 128 Å². The lowest BCUT2D eigenvalue weighted by molar-refractivity contribution is -0.0490. The van der Waals surface area contributed by atoms with Crippen molar-refractivity contribution in [1.29, 1.82) is 0 Å². The summed E-state index contributed by atoms with van der Waals surface area (Å²) in [5.74, 6) is -3.06. The maximum atomic E-state index is 13.1. The number of hydrogen-bond donors (Lipinski definition) is 3. The number of halogens is 2. The van der Waals surface area contributed by atoms with Gasteiger partial charge in [-0.15, -0.1) is 0 Å². The number of aryl methyl sites for hydroxylation is 2. The summed E-state index contributed by atoms with van der Waals surface area (Å²) in [5, 5.41) is 12.6. The highest BCUT2D eigenvalue weighted by Gasteiger charge is 2.27. The van der Waals surface area contributed by atoms with Crippen LogP contribution in [0.1, 0.15) is 30.0 Å². The largest absolute Gasteiger partial charge is 0.390 e. The number of H-pyrrole nitrogens is 1. The van der Waals surface area contributed by atoms with E-state index in [1.54, 1.807) is 0 Å². The summed E-state index contributed by atoms with van der Waals surface area (Å²) in [4.78, 5) is 3.29. The van der Waals surface area contributed by atoms with Gasteiger partial charge in [0.2, 0.25) is 0 Å². The van der Waals surface area contributed by atoms with E-state index in [1.165, 1.54) is 22.9 Å². The Morgan fingerprint density at radius 2 is 2.05 bits per heavy atom. The summed E-state index contributed by atoms with van der Waals surface area (Å²) in [6, 6.07) is 4.39. The fourth-order valence-corrected chi connectivity index (χ4v) is 3.20. The van der Waals surface area contributed by atoms with Crippen LogP contribution < -0.4 is 5.32 Å². The van der Waals surface area contributed by atoms with Gasteiger partial charge in [0.25, 0.3) is 5.92 Å². The van der Waals surface area contributed by atoms with Crippen LogP contribution in [0, 0.1) is 0 Å². The van der Waals surface area contributed by atoms with Crippen molar-refractivity contribution in [2.45, 2.75) is 44.6 Å². The minimum atomic E-state index is -3.06. The van der Waals surface area contributed by atoms with Gasteiger partial charge < -0.3 is 15.4 Å². The standard InChI is InChI=1S/C17H22F2N2O/c1-11(21-9-17(18,19)10-22)5-14-8-20-16-7-13-4-2-3-12(13)6-15(14)16/h6-8,11,20-22H,2-5,9-10H2,1H3/t11-/m1/s1. The lowest BCUT2D eigenvalue weighted by atomic mass is 10.0. The van der Waals surface area contributed by atoms with Crippen LogP contribution in [-0.2, 0) is 19.3 Å². The Balaban J connectivity index is 1.71. The van der Waals surface area contributed by atoms with Crippen LogP contribution >= 0.6 is 0 Å². The number of nitrogens with one attached hydrogen (secondary N) is 2. The van der Waals surface area contributed by atoms with Crippen LogP contribution in [0.4, 0.5) is 8.78 Å². The molecule has 0 fully saturated rings. The van der Waals surface area contributed by atoms with E-state index in [9.17, 15) is 8.78 Å². The summed E-state index contributed by atoms with van der Waals surface area (Å²) < 4.78 is 26.2. The van der Waals surface area contributed by atoms with E-state index in [1.807, 2.05) is 13.1 Å². The zero-order valence-electron chi connectivity index (χ0n) is 12.8. The SMILES string of the molecule is C[C@H](Cc1c[nH]c2cc3c(cc12)CCC3)NCC(F)(F)CO. The zero-order chi connectivity index (χ0) is 15.7. The molecule has 1 aromatic heterocycles. The van der Waals surface area contributed by atoms with Crippen LogP contribution in [0.2, 0.25) is 0 Å². The molecular formula is C17H22F2N2O. The molecule has 0 radical (unpaired) electrons. The van der Waals surface area contributed by atoms with Gasteiger partial charge in [-0.1, -0.05) is 0 Å². The lowest BCUT2D eigenvalue weighted by Gasteiger charge is -2.18. The number of benzene rings is 1. The molecule has 0 saturated carbocycles. The Bertz CT molecular complexity index is 666. The van der Waals surface area contributed by atoms with Gasteiger partial charge in [-0.2, -0.15) is 0 Å². The number of aliphatic hydroxyl groups excluding tert-OH is 1. The van der Waals surface area contributed by atoms with Gasteiger partial charge in [0, 0.05) is 23.1 Å². The molecule has 1 aromatic carbocycles. The predicted molar refractivity (Wildman–Crippen MR) is 83.5 cm³/mol. The third-order valence-corrected chi connectivity index (χ3v) is 4.45. The summed E-state index contributed by atoms with van der Waals surface area (Å²) >= 11 is 0. The highest BCUT2D eigenvalue weighted by Crippen LogP contribution is 2.29. The molecule has 5 heteroatoms. The van der Waals surface area contributed by atoms with Crippen LogP contribution in [0.25, 0.3) is 10.9 Å². The van der Waals surface area contributed by atoms with Crippen molar-refractivity contribution in [2.75, 3.05) is 13.2 Å². The average Bonchev–Trinajstić information content (AvgIpc) is 3.10. The molecule has 0 bridgehead atoms. The third kappa shape index (κ3) is 3.15. The molecule has 0 spiro atoms. The van der Waals surface area contributed by atoms with Crippen LogP contribution in [0.5, 0.6) is 0 Å². The molecule has 1 atom stereocenters. The lowest BCUT2D eigenvalue weighted by Crippen LogP contribution is -2.40. The number of aromatic amines is 1. The van der Waals surface area contributed by atoms with Crippen molar-refractivity contribution >= 4 is 10.9 Å². The van der Waals surface area contributed by atoms with Gasteiger partial charge in [-0.05, 0) is 61.4 Å². The third-order valence-electron chi connectivity index (χ3n) is 4.45. The smallest absolute Gasteiger partial charge is 0.282 e. The van der Waals surface area contributed by atoms with Crippen molar-refractivity contribution in [2.24, 2.45) is 0 Å². The Morgan fingerprint density at radius 3 is 2.77 bits per heavy atom. The van der Waals surface area contributed by atoms with E-state index < -0.39 is 19.1 Å². The summed E-state index contributed by atoms with van der Waals surface area (Å²) in [6.45, 7) is 0.272. The molecule has 0 saturated heterocycles. The van der Waals surface area contributed by atoms with Gasteiger partial charge in [0.15, 0.2) is 0 Å². The van der Waals surface area contributed by atoms with Gasteiger partial charge in [-0.25, -0.2) is 8.78 Å². The number of aliphatic hydroxyl groups is 1. The molecule has 1 aliphatic carbocycles. The molecular weight excluding hydrogens is 286 g/mol. The topological polar surface area (TPSA) is 48.0 Å². The molecule has 0 unspecified atom stereocenters. The van der Waals surface area contributed by atoms with E-state index in [0.717, 1.165) is 23.9 Å². The molecule has 1 heterocycles. The quantitative estimate of drug-likeness (QED) is 0.768. The molecule has 22 heavy (non-hydrogen) atoms. The molecule has 1 aliphatic rings. The van der Waals surface area contributed by atoms with Crippen molar-refractivity contribution in [3.8, 4) is 0 Å². The fourth-order valence-electron chi connectivity index (χ4n) is 3.20. The zero-order valence-corrected chi connectivity index (χ0v) is 12.8. The minimum Gasteiger partial charge on any atom is -0.390 e. The molecule has 2 aromatic rings. The van der Waals surface area contributed by atoms with Crippen LogP contribution in [0.15, 0.2) is 18.3 Å². The number of hydrogen-bond acceptors (Lipinski definition) is 2. The molecule has 0 amide bonds. The second-order valence-electron chi connectivity index (χ2n) is 6.33. The fraction of sp³-hybridized carbons (Fsp3) is 0.529. The van der Waals surface area contributed by atoms with E-state index >= 15 is 0 Å². The van der Waals surface area contributed by atoms with E-state index in [-0.39, 0.29) is 6.04 Å². The van der Waals surface area contributed by atoms with Crippen molar-refractivity contribution in [3.63, 3.8) is 0 Å². The van der Waals surface area contributed by atoms with Gasteiger partial charge >= 0.3 is 0 Å². The molecule has 3 rings (SSSR count). The summed E-state index contributed by atoms with van der Waals surface area (Å²) in [7, 11) is 0. The summed E-state index contributed by atoms with van der Waals surface area (Å²) in [6.07, 6.45) is 6.15. The minimum absolute atomic E-state index is 0.0790. The van der Waals surface area contributed by atoms with Gasteiger partial charge in [-0.3, -0.25) is 0 Å². The molecule has 0 aliphatic heterocycles. The van der Waals surface area contributed by atoms with Crippen LogP contribution in [-0.4, -0.2) is 35.2 Å². The number of alkyl halides is 2. The van der Waals surface area contributed by atoms with E-state index in [0.29, 0.717) is 6.42 Å². The Morgan fingerprint density at radius 1 is 1.32 bits per heavy atom. The second-order valence-corrected chi connectivity index (χ2v) is 6.33. The monoisotopic (exact) mass is 308 g/mol. The van der Waals surface area contributed by atoms with Gasteiger partial charge in [0.1, 0.15) is 6.61 Å². The average molecular weight is 308 g/mol. The van der Waals surface area contributed by atoms with Crippen LogP contribution in [0.3, 0.4) is 0 Å². The van der Waals surface area contributed by atoms with Crippen molar-refractivity contribution < 1.29 is 13.9 Å². The normalized spacial score (nSPS) is 16.2. The second kappa shape index (κ2) is 5.97. The number of fused-ring (bicyclic) bond motifs is 2. The predicted octanol–water partition coefficient (Wildman–Crippen LogP) is 2.80. The Kier molecular flexibility index (Phi) is 4.19. The highest BCUT2D eigenvalue weighted by atomic mass is 19.3. The molecule has 3 nitrogen and oxygen atoms in total. The van der Waals surface area contributed by atoms with Crippen molar-refractivity contribution in [1.82, 2.24) is 10.3 Å². The highest BCUT2D eigenvalue weighted by molar-refractivity contribution is 5.85. The summed E-state index contributed by atoms with van der Waals surface area (Å²) in [5.41, 5.74) is 5.12. The maximum absolute atomic E-state index is 13.1. The van der Waals surface area contributed by atoms with E-state index in [4.69, 9.17) is 5.11 Å². The maximum Gasteiger partial charge on any atom is 0.282 e. The Hall–Kier alpha value is -1.46. The van der Waals surface area contributed by atoms with Crippen molar-refractivity contribution in [3.05, 3.63) is 35.0 Å².